The molecule has 238 valence electrons. The molecular formula is C31H43Cl3N4O4S. The SMILES string of the molecule is CCCCCCCCCCS(=O)(=O)[O-].O=C(N[NH+]1CCCCC1)C1=NN(c2ccc(Cl)cc2Cl)[C@@H](c2ccc(Cl)cc2)C1. The zero-order valence-electron chi connectivity index (χ0n) is 24.8. The molecule has 0 spiro atoms. The standard InChI is InChI=1S/C21H21Cl3N4O.C10H22O3S/c22-15-6-4-14(5-7-15)20-13-18(21(29)26-27-10-2-1-3-11-27)25-28(20)19-9-8-16(23)12-17(19)24;1-2-3-4-5-6-7-8-9-10-14(11,12)13/h4-9,12,20H,1-3,10-11,13H2,(H,26,29);2-10H2,1H3,(H,11,12,13)/t20-;/m1./s1. The summed E-state index contributed by atoms with van der Waals surface area (Å²) in [5, 5.41) is 9.28. The van der Waals surface area contributed by atoms with E-state index in [1.165, 1.54) is 38.5 Å². The second-order valence-electron chi connectivity index (χ2n) is 11.1. The van der Waals surface area contributed by atoms with Crippen LogP contribution in [0.15, 0.2) is 47.6 Å². The number of anilines is 1. The van der Waals surface area contributed by atoms with E-state index in [2.05, 4.69) is 17.5 Å². The molecule has 1 amide bonds. The first kappa shape index (κ1) is 35.6. The quantitative estimate of drug-likeness (QED) is 0.181. The Morgan fingerprint density at radius 1 is 0.930 bits per heavy atom. The summed E-state index contributed by atoms with van der Waals surface area (Å²) < 4.78 is 30.7. The normalized spacial score (nSPS) is 17.3. The molecular weight excluding hydrogens is 631 g/mol. The van der Waals surface area contributed by atoms with Crippen LogP contribution in [0.5, 0.6) is 0 Å². The highest BCUT2D eigenvalue weighted by atomic mass is 35.5. The van der Waals surface area contributed by atoms with Crippen molar-refractivity contribution in [1.82, 2.24) is 5.43 Å². The van der Waals surface area contributed by atoms with Crippen molar-refractivity contribution in [2.24, 2.45) is 5.10 Å². The molecule has 2 heterocycles. The van der Waals surface area contributed by atoms with Gasteiger partial charge in [-0.2, -0.15) is 10.5 Å². The maximum atomic E-state index is 12.9. The van der Waals surface area contributed by atoms with Crippen LogP contribution in [-0.2, 0) is 14.9 Å². The molecule has 0 saturated carbocycles. The molecule has 2 aromatic carbocycles. The van der Waals surface area contributed by atoms with Crippen molar-refractivity contribution < 1.29 is 22.8 Å². The Labute approximate surface area is 271 Å². The highest BCUT2D eigenvalue weighted by Crippen LogP contribution is 2.39. The van der Waals surface area contributed by atoms with Gasteiger partial charge >= 0.3 is 5.91 Å². The van der Waals surface area contributed by atoms with E-state index in [1.807, 2.05) is 35.3 Å². The Morgan fingerprint density at radius 2 is 1.53 bits per heavy atom. The van der Waals surface area contributed by atoms with Crippen molar-refractivity contribution in [3.05, 3.63) is 63.1 Å². The average molecular weight is 674 g/mol. The number of unbranched alkanes of at least 4 members (excludes halogenated alkanes) is 7. The first-order valence-electron chi connectivity index (χ1n) is 15.2. The summed E-state index contributed by atoms with van der Waals surface area (Å²) in [6, 6.07) is 12.7. The number of benzene rings is 2. The number of rotatable bonds is 13. The third-order valence-corrected chi connectivity index (χ3v) is 9.16. The van der Waals surface area contributed by atoms with Crippen LogP contribution < -0.4 is 15.4 Å². The molecule has 12 heteroatoms. The van der Waals surface area contributed by atoms with Gasteiger partial charge in [0.2, 0.25) is 0 Å². The third-order valence-electron chi connectivity index (χ3n) is 7.58. The highest BCUT2D eigenvalue weighted by molar-refractivity contribution is 7.85. The van der Waals surface area contributed by atoms with Crippen molar-refractivity contribution in [2.45, 2.75) is 90.0 Å². The van der Waals surface area contributed by atoms with Gasteiger partial charge in [0.1, 0.15) is 5.71 Å². The van der Waals surface area contributed by atoms with Crippen molar-refractivity contribution in [3.63, 3.8) is 0 Å². The number of carbonyl (C=O) groups is 1. The number of carbonyl (C=O) groups excluding carboxylic acids is 1. The summed E-state index contributed by atoms with van der Waals surface area (Å²) in [6.45, 7) is 4.08. The number of hydrogen-bond acceptors (Lipinski definition) is 6. The molecule has 0 unspecified atom stereocenters. The van der Waals surface area contributed by atoms with Gasteiger partial charge in [0.25, 0.3) is 0 Å². The van der Waals surface area contributed by atoms with Gasteiger partial charge in [-0.1, -0.05) is 98.8 Å². The summed E-state index contributed by atoms with van der Waals surface area (Å²) in [7, 11) is -3.98. The zero-order chi connectivity index (χ0) is 31.2. The minimum absolute atomic E-state index is 0.131. The number of nitrogens with zero attached hydrogens (tertiary/aromatic N) is 2. The molecule has 0 radical (unpaired) electrons. The second-order valence-corrected chi connectivity index (χ2v) is 13.9. The molecule has 2 aliphatic heterocycles. The van der Waals surface area contributed by atoms with Crippen molar-refractivity contribution in [1.29, 1.82) is 0 Å². The number of hydrogen-bond donors (Lipinski definition) is 2. The van der Waals surface area contributed by atoms with Crippen LogP contribution in [-0.4, -0.2) is 43.4 Å². The lowest BCUT2D eigenvalue weighted by molar-refractivity contribution is -0.940. The van der Waals surface area contributed by atoms with Crippen LogP contribution in [0.4, 0.5) is 5.69 Å². The number of amides is 1. The smallest absolute Gasteiger partial charge is 0.312 e. The van der Waals surface area contributed by atoms with Gasteiger partial charge in [0, 0.05) is 22.2 Å². The molecule has 2 aliphatic rings. The predicted octanol–water partition coefficient (Wildman–Crippen LogP) is 6.73. The van der Waals surface area contributed by atoms with E-state index in [-0.39, 0.29) is 17.7 Å². The van der Waals surface area contributed by atoms with Gasteiger partial charge in [0.05, 0.1) is 40.0 Å². The van der Waals surface area contributed by atoms with E-state index in [0.717, 1.165) is 49.3 Å². The van der Waals surface area contributed by atoms with E-state index in [1.54, 1.807) is 12.1 Å². The fourth-order valence-electron chi connectivity index (χ4n) is 5.23. The summed E-state index contributed by atoms with van der Waals surface area (Å²) in [6.07, 6.45) is 12.6. The van der Waals surface area contributed by atoms with Crippen LogP contribution in [0.3, 0.4) is 0 Å². The Kier molecular flexibility index (Phi) is 15.0. The van der Waals surface area contributed by atoms with Crippen LogP contribution in [0.1, 0.15) is 95.6 Å². The minimum atomic E-state index is -3.98. The lowest BCUT2D eigenvalue weighted by Crippen LogP contribution is -3.20. The molecule has 1 saturated heterocycles. The summed E-state index contributed by atoms with van der Waals surface area (Å²) >= 11 is 18.6. The van der Waals surface area contributed by atoms with Gasteiger partial charge < -0.3 is 4.55 Å². The predicted molar refractivity (Wildman–Crippen MR) is 175 cm³/mol. The summed E-state index contributed by atoms with van der Waals surface area (Å²) in [5.41, 5.74) is 5.30. The van der Waals surface area contributed by atoms with Gasteiger partial charge in [-0.3, -0.25) is 9.80 Å². The fourth-order valence-corrected chi connectivity index (χ4v) is 6.41. The number of nitrogens with one attached hydrogen (secondary N) is 2. The van der Waals surface area contributed by atoms with E-state index in [9.17, 15) is 17.8 Å². The molecule has 0 bridgehead atoms. The van der Waals surface area contributed by atoms with Gasteiger partial charge in [-0.05, 0) is 61.6 Å². The molecule has 4 rings (SSSR count). The minimum Gasteiger partial charge on any atom is -0.748 e. The summed E-state index contributed by atoms with van der Waals surface area (Å²) in [5.74, 6) is -0.324. The van der Waals surface area contributed by atoms with Crippen LogP contribution >= 0.6 is 34.8 Å². The van der Waals surface area contributed by atoms with Crippen LogP contribution in [0.2, 0.25) is 15.1 Å². The third kappa shape index (κ3) is 12.6. The topological polar surface area (TPSA) is 106 Å². The molecule has 1 fully saturated rings. The zero-order valence-corrected chi connectivity index (χ0v) is 27.9. The van der Waals surface area contributed by atoms with Crippen molar-refractivity contribution in [3.8, 4) is 0 Å². The van der Waals surface area contributed by atoms with Gasteiger partial charge in [-0.25, -0.2) is 13.4 Å². The molecule has 2 N–H and O–H groups in total. The first-order valence-corrected chi connectivity index (χ1v) is 18.0. The second kappa shape index (κ2) is 18.2. The maximum absolute atomic E-state index is 12.9. The van der Waals surface area contributed by atoms with E-state index >= 15 is 0 Å². The van der Waals surface area contributed by atoms with Crippen molar-refractivity contribution >= 4 is 62.2 Å². The number of quaternary nitrogens is 1. The van der Waals surface area contributed by atoms with E-state index in [0.29, 0.717) is 39.3 Å². The van der Waals surface area contributed by atoms with E-state index in [4.69, 9.17) is 34.8 Å². The number of hydrazone groups is 1. The molecule has 8 nitrogen and oxygen atoms in total. The first-order chi connectivity index (χ1) is 20.6. The van der Waals surface area contributed by atoms with Gasteiger partial charge in [-0.15, -0.1) is 0 Å². The molecule has 0 aliphatic carbocycles. The Bertz CT molecular complexity index is 1300. The maximum Gasteiger partial charge on any atom is 0.312 e. The molecule has 43 heavy (non-hydrogen) atoms. The van der Waals surface area contributed by atoms with Crippen LogP contribution in [0.25, 0.3) is 0 Å². The van der Waals surface area contributed by atoms with Gasteiger partial charge in [0.15, 0.2) is 0 Å². The largest absolute Gasteiger partial charge is 0.748 e. The van der Waals surface area contributed by atoms with Crippen molar-refractivity contribution in [2.75, 3.05) is 23.9 Å². The fraction of sp³-hybridized carbons (Fsp3) is 0.548. The molecule has 2 aromatic rings. The monoisotopic (exact) mass is 672 g/mol. The highest BCUT2D eigenvalue weighted by Gasteiger charge is 2.34. The molecule has 0 aromatic heterocycles. The van der Waals surface area contributed by atoms with Crippen LogP contribution in [0, 0.1) is 0 Å². The number of piperidine rings is 1. The Balaban J connectivity index is 0.000000308. The average Bonchev–Trinajstić information content (AvgIpc) is 3.41. The Hall–Kier alpha value is -1.88. The lowest BCUT2D eigenvalue weighted by Gasteiger charge is -2.25. The molecule has 1 atom stereocenters. The lowest BCUT2D eigenvalue weighted by atomic mass is 10.0. The Morgan fingerprint density at radius 3 is 2.14 bits per heavy atom. The van der Waals surface area contributed by atoms with E-state index < -0.39 is 10.1 Å². The summed E-state index contributed by atoms with van der Waals surface area (Å²) in [4.78, 5) is 12.9. The number of halogens is 3.